The number of alkyl halides is 3. The number of nitrogens with one attached hydrogen (secondary N) is 1. The van der Waals surface area contributed by atoms with E-state index in [9.17, 15) is 13.2 Å². The van der Waals surface area contributed by atoms with Crippen LogP contribution >= 0.6 is 11.8 Å². The fourth-order valence-corrected chi connectivity index (χ4v) is 2.79. The minimum Gasteiger partial charge on any atom is -0.316 e. The number of hydrogen-bond donors (Lipinski definition) is 1. The summed E-state index contributed by atoms with van der Waals surface area (Å²) in [5, 5.41) is 4.05. The van der Waals surface area contributed by atoms with Gasteiger partial charge < -0.3 is 5.32 Å². The van der Waals surface area contributed by atoms with E-state index in [1.54, 1.807) is 0 Å². The van der Waals surface area contributed by atoms with Crippen LogP contribution in [0.2, 0.25) is 0 Å². The maximum atomic E-state index is 12.4. The highest BCUT2D eigenvalue weighted by Crippen LogP contribution is 2.30. The molecule has 102 valence electrons. The SMILES string of the molecule is CCC(NC)C(C)Sc1ccc(C(F)(F)F)cn1. The van der Waals surface area contributed by atoms with Crippen molar-refractivity contribution in [1.82, 2.24) is 10.3 Å². The van der Waals surface area contributed by atoms with Crippen molar-refractivity contribution < 1.29 is 13.2 Å². The van der Waals surface area contributed by atoms with E-state index >= 15 is 0 Å². The summed E-state index contributed by atoms with van der Waals surface area (Å²) in [6.07, 6.45) is -2.47. The number of rotatable bonds is 5. The minimum atomic E-state index is -4.32. The second kappa shape index (κ2) is 6.43. The number of halogens is 3. The summed E-state index contributed by atoms with van der Waals surface area (Å²) in [6.45, 7) is 4.10. The highest BCUT2D eigenvalue weighted by molar-refractivity contribution is 7.99. The molecule has 1 aromatic heterocycles. The average molecular weight is 278 g/mol. The van der Waals surface area contributed by atoms with Gasteiger partial charge in [0.05, 0.1) is 10.6 Å². The number of nitrogens with zero attached hydrogens (tertiary/aromatic N) is 1. The molecular formula is C12H17F3N2S. The Morgan fingerprint density at radius 1 is 1.39 bits per heavy atom. The molecule has 0 aliphatic carbocycles. The van der Waals surface area contributed by atoms with Gasteiger partial charge in [-0.1, -0.05) is 13.8 Å². The highest BCUT2D eigenvalue weighted by atomic mass is 32.2. The van der Waals surface area contributed by atoms with Crippen molar-refractivity contribution in [2.45, 2.75) is 42.8 Å². The third-order valence-corrected chi connectivity index (χ3v) is 3.93. The lowest BCUT2D eigenvalue weighted by Gasteiger charge is -2.21. The van der Waals surface area contributed by atoms with Crippen molar-refractivity contribution in [3.63, 3.8) is 0 Å². The van der Waals surface area contributed by atoms with Gasteiger partial charge in [0.1, 0.15) is 0 Å². The Kier molecular flexibility index (Phi) is 5.47. The van der Waals surface area contributed by atoms with Gasteiger partial charge in [-0.05, 0) is 25.6 Å². The molecular weight excluding hydrogens is 261 g/mol. The van der Waals surface area contributed by atoms with E-state index in [1.165, 1.54) is 17.8 Å². The summed E-state index contributed by atoms with van der Waals surface area (Å²) in [7, 11) is 1.88. The molecule has 1 N–H and O–H groups in total. The molecule has 0 amide bonds. The molecule has 0 saturated carbocycles. The highest BCUT2D eigenvalue weighted by Gasteiger charge is 2.30. The van der Waals surface area contributed by atoms with Crippen LogP contribution in [-0.2, 0) is 6.18 Å². The Morgan fingerprint density at radius 2 is 2.06 bits per heavy atom. The molecule has 0 fully saturated rings. The van der Waals surface area contributed by atoms with Crippen molar-refractivity contribution in [2.75, 3.05) is 7.05 Å². The molecule has 0 radical (unpaired) electrons. The van der Waals surface area contributed by atoms with Gasteiger partial charge in [0.15, 0.2) is 0 Å². The molecule has 1 aromatic rings. The quantitative estimate of drug-likeness (QED) is 0.833. The van der Waals surface area contributed by atoms with E-state index in [2.05, 4.69) is 17.2 Å². The Balaban J connectivity index is 2.69. The summed E-state index contributed by atoms with van der Waals surface area (Å²) in [5.41, 5.74) is -0.708. The monoisotopic (exact) mass is 278 g/mol. The summed E-state index contributed by atoms with van der Waals surface area (Å²) in [6, 6.07) is 2.81. The fraction of sp³-hybridized carbons (Fsp3) is 0.583. The van der Waals surface area contributed by atoms with Gasteiger partial charge >= 0.3 is 6.18 Å². The van der Waals surface area contributed by atoms with E-state index < -0.39 is 11.7 Å². The van der Waals surface area contributed by atoms with Crippen LogP contribution in [0.3, 0.4) is 0 Å². The fourth-order valence-electron chi connectivity index (χ4n) is 1.66. The second-order valence-electron chi connectivity index (χ2n) is 4.01. The molecule has 1 rings (SSSR count). The number of pyridine rings is 1. The van der Waals surface area contributed by atoms with Gasteiger partial charge in [-0.3, -0.25) is 0 Å². The first-order chi connectivity index (χ1) is 8.38. The van der Waals surface area contributed by atoms with Gasteiger partial charge in [0.2, 0.25) is 0 Å². The summed E-state index contributed by atoms with van der Waals surface area (Å²) < 4.78 is 37.1. The van der Waals surface area contributed by atoms with Gasteiger partial charge in [-0.2, -0.15) is 13.2 Å². The van der Waals surface area contributed by atoms with Gasteiger partial charge in [-0.25, -0.2) is 4.98 Å². The van der Waals surface area contributed by atoms with E-state index in [0.717, 1.165) is 18.7 Å². The van der Waals surface area contributed by atoms with Crippen molar-refractivity contribution in [1.29, 1.82) is 0 Å². The molecule has 2 atom stereocenters. The van der Waals surface area contributed by atoms with Crippen LogP contribution in [0, 0.1) is 0 Å². The predicted molar refractivity (Wildman–Crippen MR) is 67.7 cm³/mol. The number of thioether (sulfide) groups is 1. The summed E-state index contributed by atoms with van der Waals surface area (Å²) in [5.74, 6) is 0. The molecule has 0 spiro atoms. The van der Waals surface area contributed by atoms with E-state index in [1.807, 2.05) is 14.0 Å². The predicted octanol–water partition coefficient (Wildman–Crippen LogP) is 3.58. The van der Waals surface area contributed by atoms with Gasteiger partial charge in [0, 0.05) is 17.5 Å². The molecule has 0 aliphatic rings. The Hall–Kier alpha value is -0.750. The number of aromatic nitrogens is 1. The van der Waals surface area contributed by atoms with Gasteiger partial charge in [-0.15, -0.1) is 11.8 Å². The third kappa shape index (κ3) is 4.17. The van der Waals surface area contributed by atoms with E-state index in [0.29, 0.717) is 11.1 Å². The first-order valence-electron chi connectivity index (χ1n) is 5.75. The average Bonchev–Trinajstić information content (AvgIpc) is 2.30. The maximum Gasteiger partial charge on any atom is 0.417 e. The Morgan fingerprint density at radius 3 is 2.44 bits per heavy atom. The first-order valence-corrected chi connectivity index (χ1v) is 6.63. The lowest BCUT2D eigenvalue weighted by molar-refractivity contribution is -0.137. The van der Waals surface area contributed by atoms with E-state index in [-0.39, 0.29) is 5.25 Å². The first kappa shape index (κ1) is 15.3. The molecule has 1 heterocycles. The van der Waals surface area contributed by atoms with Crippen LogP contribution in [0.5, 0.6) is 0 Å². The lowest BCUT2D eigenvalue weighted by Crippen LogP contribution is -2.33. The van der Waals surface area contributed by atoms with Crippen LogP contribution < -0.4 is 5.32 Å². The standard InChI is InChI=1S/C12H17F3N2S/c1-4-10(16-3)8(2)18-11-6-5-9(7-17-11)12(13,14)15/h5-8,10,16H,4H2,1-3H3. The topological polar surface area (TPSA) is 24.9 Å². The van der Waals surface area contributed by atoms with Crippen molar-refractivity contribution >= 4 is 11.8 Å². The molecule has 6 heteroatoms. The molecule has 2 nitrogen and oxygen atoms in total. The van der Waals surface area contributed by atoms with Crippen LogP contribution in [0.1, 0.15) is 25.8 Å². The van der Waals surface area contributed by atoms with Crippen LogP contribution in [0.25, 0.3) is 0 Å². The zero-order valence-corrected chi connectivity index (χ0v) is 11.4. The summed E-state index contributed by atoms with van der Waals surface area (Å²) in [4.78, 5) is 3.85. The van der Waals surface area contributed by atoms with Gasteiger partial charge in [0.25, 0.3) is 0 Å². The molecule has 0 aromatic carbocycles. The Labute approximate surface area is 109 Å². The van der Waals surface area contributed by atoms with Crippen molar-refractivity contribution in [3.05, 3.63) is 23.9 Å². The molecule has 0 bridgehead atoms. The maximum absolute atomic E-state index is 12.4. The lowest BCUT2D eigenvalue weighted by atomic mass is 10.2. The third-order valence-electron chi connectivity index (χ3n) is 2.75. The molecule has 0 aliphatic heterocycles. The van der Waals surface area contributed by atoms with Crippen LogP contribution in [0.15, 0.2) is 23.4 Å². The summed E-state index contributed by atoms with van der Waals surface area (Å²) >= 11 is 1.48. The van der Waals surface area contributed by atoms with Crippen LogP contribution in [0.4, 0.5) is 13.2 Å². The zero-order valence-electron chi connectivity index (χ0n) is 10.6. The normalized spacial score (nSPS) is 15.4. The smallest absolute Gasteiger partial charge is 0.316 e. The van der Waals surface area contributed by atoms with Crippen LogP contribution in [-0.4, -0.2) is 23.3 Å². The van der Waals surface area contributed by atoms with Crippen molar-refractivity contribution in [3.8, 4) is 0 Å². The van der Waals surface area contributed by atoms with E-state index in [4.69, 9.17) is 0 Å². The largest absolute Gasteiger partial charge is 0.417 e. The molecule has 2 unspecified atom stereocenters. The Bertz CT molecular complexity index is 361. The zero-order chi connectivity index (χ0) is 13.8. The van der Waals surface area contributed by atoms with Crippen molar-refractivity contribution in [2.24, 2.45) is 0 Å². The number of hydrogen-bond acceptors (Lipinski definition) is 3. The second-order valence-corrected chi connectivity index (χ2v) is 5.41. The molecule has 0 saturated heterocycles. The minimum absolute atomic E-state index is 0.254. The molecule has 18 heavy (non-hydrogen) atoms.